The van der Waals surface area contributed by atoms with Gasteiger partial charge in [0.2, 0.25) is 0 Å². The topological polar surface area (TPSA) is 9.23 Å². The second kappa shape index (κ2) is 8.78. The predicted octanol–water partition coefficient (Wildman–Crippen LogP) is 6.61. The highest BCUT2D eigenvalue weighted by molar-refractivity contribution is 5.52. The monoisotopic (exact) mass is 364 g/mol. The van der Waals surface area contributed by atoms with Crippen LogP contribution < -0.4 is 0 Å². The molecule has 5 atom stereocenters. The lowest BCUT2D eigenvalue weighted by Crippen LogP contribution is -2.37. The Bertz CT molecular complexity index is 673. The van der Waals surface area contributed by atoms with Gasteiger partial charge in [0.05, 0.1) is 12.7 Å². The van der Waals surface area contributed by atoms with Crippen molar-refractivity contribution in [1.82, 2.24) is 0 Å². The highest BCUT2D eigenvalue weighted by atomic mass is 16.5. The lowest BCUT2D eigenvalue weighted by atomic mass is 9.62. The first-order valence-corrected chi connectivity index (χ1v) is 11.2. The molecule has 146 valence electrons. The molecule has 2 fully saturated rings. The summed E-state index contributed by atoms with van der Waals surface area (Å²) in [5, 5.41) is 0. The third-order valence-electron chi connectivity index (χ3n) is 7.58. The Morgan fingerprint density at radius 1 is 0.963 bits per heavy atom. The van der Waals surface area contributed by atoms with Gasteiger partial charge in [-0.05, 0) is 105 Å². The summed E-state index contributed by atoms with van der Waals surface area (Å²) in [7, 11) is 0. The molecule has 0 heterocycles. The number of fused-ring (bicyclic) bond motifs is 2. The Morgan fingerprint density at radius 3 is 2.56 bits per heavy atom. The lowest BCUT2D eigenvalue weighted by molar-refractivity contribution is -0.0137. The minimum atomic E-state index is 0.494. The van der Waals surface area contributed by atoms with E-state index in [1.165, 1.54) is 63.4 Å². The van der Waals surface area contributed by atoms with Crippen molar-refractivity contribution in [2.24, 2.45) is 23.7 Å². The second-order valence-corrected chi connectivity index (χ2v) is 9.18. The number of allylic oxidation sites excluding steroid dienone is 1. The summed E-state index contributed by atoms with van der Waals surface area (Å²) in [5.41, 5.74) is 4.60. The van der Waals surface area contributed by atoms with Gasteiger partial charge in [-0.2, -0.15) is 0 Å². The molecule has 0 saturated heterocycles. The number of benzene rings is 1. The largest absolute Gasteiger partial charge is 0.374 e. The first kappa shape index (κ1) is 19.0. The molecular formula is C26H36O. The van der Waals surface area contributed by atoms with Gasteiger partial charge in [0.1, 0.15) is 0 Å². The maximum Gasteiger partial charge on any atom is 0.0648 e. The predicted molar refractivity (Wildman–Crippen MR) is 115 cm³/mol. The van der Waals surface area contributed by atoms with Gasteiger partial charge in [0, 0.05) is 0 Å². The average molecular weight is 365 g/mol. The molecule has 0 amide bonds. The fourth-order valence-corrected chi connectivity index (χ4v) is 6.17. The molecular weight excluding hydrogens is 328 g/mol. The molecule has 5 unspecified atom stereocenters. The third-order valence-corrected chi connectivity index (χ3v) is 7.58. The molecule has 0 aromatic heterocycles. The molecule has 2 saturated carbocycles. The molecule has 3 aliphatic rings. The first-order valence-electron chi connectivity index (χ1n) is 11.2. The highest BCUT2D eigenvalue weighted by Gasteiger charge is 2.38. The summed E-state index contributed by atoms with van der Waals surface area (Å²) in [6, 6.07) is 7.14. The van der Waals surface area contributed by atoms with E-state index in [9.17, 15) is 0 Å². The summed E-state index contributed by atoms with van der Waals surface area (Å²) in [5.74, 6) is 3.76. The molecule has 0 N–H and O–H groups in total. The minimum Gasteiger partial charge on any atom is -0.374 e. The highest BCUT2D eigenvalue weighted by Crippen LogP contribution is 2.47. The van der Waals surface area contributed by atoms with Crippen LogP contribution in [0, 0.1) is 23.7 Å². The van der Waals surface area contributed by atoms with E-state index in [1.807, 2.05) is 6.08 Å². The Hall–Kier alpha value is -1.34. The van der Waals surface area contributed by atoms with Gasteiger partial charge < -0.3 is 4.74 Å². The fraction of sp³-hybridized carbons (Fsp3) is 0.615. The van der Waals surface area contributed by atoms with Crippen molar-refractivity contribution in [2.75, 3.05) is 6.61 Å². The number of hydrogen-bond acceptors (Lipinski definition) is 1. The molecule has 3 aliphatic carbocycles. The van der Waals surface area contributed by atoms with Crippen LogP contribution in [-0.2, 0) is 17.6 Å². The molecule has 0 radical (unpaired) electrons. The van der Waals surface area contributed by atoms with Gasteiger partial charge >= 0.3 is 0 Å². The van der Waals surface area contributed by atoms with Crippen LogP contribution in [0.3, 0.4) is 0 Å². The summed E-state index contributed by atoms with van der Waals surface area (Å²) in [6.07, 6.45) is 19.1. The van der Waals surface area contributed by atoms with Crippen molar-refractivity contribution in [2.45, 2.75) is 70.8 Å². The van der Waals surface area contributed by atoms with E-state index >= 15 is 0 Å². The van der Waals surface area contributed by atoms with Crippen molar-refractivity contribution >= 4 is 6.08 Å². The summed E-state index contributed by atoms with van der Waals surface area (Å²) in [6.45, 7) is 6.62. The minimum absolute atomic E-state index is 0.494. The Labute approximate surface area is 165 Å². The maximum absolute atomic E-state index is 5.97. The number of rotatable bonds is 5. The van der Waals surface area contributed by atoms with Gasteiger partial charge in [-0.25, -0.2) is 0 Å². The second-order valence-electron chi connectivity index (χ2n) is 9.18. The molecule has 0 spiro atoms. The zero-order valence-electron chi connectivity index (χ0n) is 17.0. The summed E-state index contributed by atoms with van der Waals surface area (Å²) in [4.78, 5) is 0. The van der Waals surface area contributed by atoms with Crippen LogP contribution in [0.2, 0.25) is 0 Å². The first-order chi connectivity index (χ1) is 13.3. The van der Waals surface area contributed by atoms with E-state index in [0.29, 0.717) is 6.10 Å². The number of aryl methyl sites for hydroxylation is 1. The SMILES string of the molecule is C=CCOC1CCC2CC(C3CCc4cc(C=CC)ccc4C3)CCC2C1. The van der Waals surface area contributed by atoms with Gasteiger partial charge in [-0.3, -0.25) is 0 Å². The van der Waals surface area contributed by atoms with E-state index in [-0.39, 0.29) is 0 Å². The van der Waals surface area contributed by atoms with Crippen LogP contribution in [0.4, 0.5) is 0 Å². The molecule has 27 heavy (non-hydrogen) atoms. The Balaban J connectivity index is 1.34. The van der Waals surface area contributed by atoms with Crippen molar-refractivity contribution in [3.63, 3.8) is 0 Å². The van der Waals surface area contributed by atoms with Crippen LogP contribution in [0.15, 0.2) is 36.9 Å². The molecule has 1 aromatic carbocycles. The standard InChI is InChI=1S/C26H36O/c1-3-5-19-6-7-21-16-22(9-8-20(21)15-19)23-10-11-25-18-26(27-14-4-2)13-12-24(25)17-23/h3-7,15,22-26H,2,8-14,16-18H2,1H3. The van der Waals surface area contributed by atoms with E-state index in [2.05, 4.69) is 43.9 Å². The molecule has 0 bridgehead atoms. The van der Waals surface area contributed by atoms with Crippen LogP contribution in [0.5, 0.6) is 0 Å². The lowest BCUT2D eigenvalue weighted by Gasteiger charge is -2.44. The van der Waals surface area contributed by atoms with E-state index in [4.69, 9.17) is 4.74 Å². The summed E-state index contributed by atoms with van der Waals surface area (Å²) >= 11 is 0. The van der Waals surface area contributed by atoms with Crippen LogP contribution in [-0.4, -0.2) is 12.7 Å². The van der Waals surface area contributed by atoms with Crippen molar-refractivity contribution < 1.29 is 4.74 Å². The van der Waals surface area contributed by atoms with E-state index in [1.54, 1.807) is 11.1 Å². The van der Waals surface area contributed by atoms with Gasteiger partial charge in [0.15, 0.2) is 0 Å². The van der Waals surface area contributed by atoms with Crippen molar-refractivity contribution in [1.29, 1.82) is 0 Å². The van der Waals surface area contributed by atoms with Gasteiger partial charge in [-0.1, -0.05) is 36.4 Å². The quantitative estimate of drug-likeness (QED) is 0.534. The van der Waals surface area contributed by atoms with Gasteiger partial charge in [-0.15, -0.1) is 6.58 Å². The molecule has 1 aromatic rings. The Morgan fingerprint density at radius 2 is 1.74 bits per heavy atom. The molecule has 1 nitrogen and oxygen atoms in total. The van der Waals surface area contributed by atoms with E-state index in [0.717, 1.165) is 30.3 Å². The maximum atomic E-state index is 5.97. The Kier molecular flexibility index (Phi) is 6.18. The summed E-state index contributed by atoms with van der Waals surface area (Å²) < 4.78 is 5.97. The normalized spacial score (nSPS) is 33.4. The van der Waals surface area contributed by atoms with Crippen LogP contribution in [0.25, 0.3) is 6.08 Å². The number of ether oxygens (including phenoxy) is 1. The smallest absolute Gasteiger partial charge is 0.0648 e. The van der Waals surface area contributed by atoms with Crippen molar-refractivity contribution in [3.05, 3.63) is 53.6 Å². The zero-order valence-corrected chi connectivity index (χ0v) is 17.0. The van der Waals surface area contributed by atoms with Crippen LogP contribution >= 0.6 is 0 Å². The molecule has 1 heteroatoms. The molecule has 0 aliphatic heterocycles. The van der Waals surface area contributed by atoms with Gasteiger partial charge in [0.25, 0.3) is 0 Å². The van der Waals surface area contributed by atoms with Crippen molar-refractivity contribution in [3.8, 4) is 0 Å². The van der Waals surface area contributed by atoms with Crippen LogP contribution in [0.1, 0.15) is 68.6 Å². The van der Waals surface area contributed by atoms with E-state index < -0.39 is 0 Å². The zero-order chi connectivity index (χ0) is 18.6. The number of hydrogen-bond donors (Lipinski definition) is 0. The molecule has 4 rings (SSSR count). The fourth-order valence-electron chi connectivity index (χ4n) is 6.17. The average Bonchev–Trinajstić information content (AvgIpc) is 2.71. The third kappa shape index (κ3) is 4.40.